The van der Waals surface area contributed by atoms with Gasteiger partial charge >= 0.3 is 0 Å². The summed E-state index contributed by atoms with van der Waals surface area (Å²) < 4.78 is 0. The molecule has 2 heteroatoms. The summed E-state index contributed by atoms with van der Waals surface area (Å²) >= 11 is 6.15. The molecule has 2 aromatic carbocycles. The molecule has 0 aromatic heterocycles. The van der Waals surface area contributed by atoms with E-state index in [2.05, 4.69) is 47.4 Å². The summed E-state index contributed by atoms with van der Waals surface area (Å²) in [6.45, 7) is 2.26. The Kier molecular flexibility index (Phi) is 3.94. The lowest BCUT2D eigenvalue weighted by molar-refractivity contribution is 0.0938. The maximum Gasteiger partial charge on any atom is 0.0409 e. The Labute approximate surface area is 137 Å². The van der Waals surface area contributed by atoms with E-state index in [1.165, 1.54) is 37.8 Å². The third-order valence-corrected chi connectivity index (χ3v) is 5.51. The SMILES string of the molecule is Clc1cccc(CN2C[C@@H]3CC[C@H]2Cc2ccccc2C3)c1. The highest BCUT2D eigenvalue weighted by molar-refractivity contribution is 6.30. The molecule has 0 N–H and O–H groups in total. The van der Waals surface area contributed by atoms with Gasteiger partial charge in [-0.2, -0.15) is 0 Å². The van der Waals surface area contributed by atoms with Crippen LogP contribution >= 0.6 is 11.6 Å². The third-order valence-electron chi connectivity index (χ3n) is 5.27. The van der Waals surface area contributed by atoms with Gasteiger partial charge in [0.25, 0.3) is 0 Å². The van der Waals surface area contributed by atoms with Crippen molar-refractivity contribution < 1.29 is 0 Å². The molecule has 2 heterocycles. The summed E-state index contributed by atoms with van der Waals surface area (Å²) in [6, 6.07) is 18.1. The molecule has 2 aliphatic heterocycles. The molecule has 2 aromatic rings. The van der Waals surface area contributed by atoms with Crippen LogP contribution in [0.3, 0.4) is 0 Å². The van der Waals surface area contributed by atoms with Crippen molar-refractivity contribution in [1.82, 2.24) is 4.90 Å². The minimum Gasteiger partial charge on any atom is -0.296 e. The van der Waals surface area contributed by atoms with Crippen molar-refractivity contribution in [1.29, 1.82) is 0 Å². The molecule has 1 aliphatic carbocycles. The summed E-state index contributed by atoms with van der Waals surface area (Å²) in [5.74, 6) is 0.803. The highest BCUT2D eigenvalue weighted by Gasteiger charge is 2.31. The van der Waals surface area contributed by atoms with Crippen LogP contribution in [-0.4, -0.2) is 17.5 Å². The molecule has 3 aliphatic rings. The van der Waals surface area contributed by atoms with Gasteiger partial charge in [0.1, 0.15) is 0 Å². The molecule has 1 fully saturated rings. The lowest BCUT2D eigenvalue weighted by Gasteiger charge is -2.42. The first-order chi connectivity index (χ1) is 10.8. The number of fused-ring (bicyclic) bond motifs is 2. The van der Waals surface area contributed by atoms with Gasteiger partial charge in [-0.3, -0.25) is 4.90 Å². The molecule has 0 amide bonds. The van der Waals surface area contributed by atoms with Gasteiger partial charge in [-0.05, 0) is 60.4 Å². The van der Waals surface area contributed by atoms with Crippen molar-refractivity contribution in [2.24, 2.45) is 5.92 Å². The zero-order valence-electron chi connectivity index (χ0n) is 12.8. The second-order valence-electron chi connectivity index (χ2n) is 6.83. The zero-order chi connectivity index (χ0) is 14.9. The molecule has 114 valence electrons. The normalized spacial score (nSPS) is 24.6. The third kappa shape index (κ3) is 2.93. The van der Waals surface area contributed by atoms with Gasteiger partial charge in [0.15, 0.2) is 0 Å². The van der Waals surface area contributed by atoms with E-state index in [1.54, 1.807) is 11.1 Å². The number of hydrogen-bond donors (Lipinski definition) is 0. The van der Waals surface area contributed by atoms with Crippen molar-refractivity contribution in [3.8, 4) is 0 Å². The van der Waals surface area contributed by atoms with Crippen LogP contribution in [0.5, 0.6) is 0 Å². The lowest BCUT2D eigenvalue weighted by atomic mass is 9.80. The fourth-order valence-electron chi connectivity index (χ4n) is 4.16. The first-order valence-electron chi connectivity index (χ1n) is 8.33. The molecule has 0 unspecified atom stereocenters. The molecular weight excluding hydrogens is 290 g/mol. The Bertz CT molecular complexity index is 666. The molecule has 2 bridgehead atoms. The number of halogens is 1. The summed E-state index contributed by atoms with van der Waals surface area (Å²) in [4.78, 5) is 2.69. The van der Waals surface area contributed by atoms with Crippen LogP contribution in [0.2, 0.25) is 5.02 Å². The maximum absolute atomic E-state index is 6.15. The van der Waals surface area contributed by atoms with Gasteiger partial charge in [0.2, 0.25) is 0 Å². The van der Waals surface area contributed by atoms with Crippen LogP contribution in [0.15, 0.2) is 48.5 Å². The van der Waals surface area contributed by atoms with Gasteiger partial charge in [-0.25, -0.2) is 0 Å². The first kappa shape index (κ1) is 14.3. The maximum atomic E-state index is 6.15. The summed E-state index contributed by atoms with van der Waals surface area (Å²) in [7, 11) is 0. The predicted molar refractivity (Wildman–Crippen MR) is 92.2 cm³/mol. The topological polar surface area (TPSA) is 3.24 Å². The number of hydrogen-bond acceptors (Lipinski definition) is 1. The van der Waals surface area contributed by atoms with Crippen LogP contribution in [0, 0.1) is 5.92 Å². The smallest absolute Gasteiger partial charge is 0.0409 e. The highest BCUT2D eigenvalue weighted by atomic mass is 35.5. The monoisotopic (exact) mass is 311 g/mol. The van der Waals surface area contributed by atoms with E-state index in [0.717, 1.165) is 17.5 Å². The summed E-state index contributed by atoms with van der Waals surface area (Å²) in [6.07, 6.45) is 5.16. The number of benzene rings is 2. The molecular formula is C20H22ClN. The van der Waals surface area contributed by atoms with Crippen molar-refractivity contribution in [3.05, 3.63) is 70.2 Å². The van der Waals surface area contributed by atoms with Crippen molar-refractivity contribution in [3.63, 3.8) is 0 Å². The van der Waals surface area contributed by atoms with Crippen LogP contribution < -0.4 is 0 Å². The summed E-state index contributed by atoms with van der Waals surface area (Å²) in [5.41, 5.74) is 4.49. The molecule has 1 saturated heterocycles. The Morgan fingerprint density at radius 2 is 1.77 bits per heavy atom. The minimum absolute atomic E-state index is 0.677. The molecule has 22 heavy (non-hydrogen) atoms. The molecule has 5 rings (SSSR count). The largest absolute Gasteiger partial charge is 0.296 e. The van der Waals surface area contributed by atoms with E-state index in [9.17, 15) is 0 Å². The van der Waals surface area contributed by atoms with Crippen molar-refractivity contribution in [2.75, 3.05) is 6.54 Å². The van der Waals surface area contributed by atoms with Gasteiger partial charge in [0, 0.05) is 24.2 Å². The zero-order valence-corrected chi connectivity index (χ0v) is 13.6. The van der Waals surface area contributed by atoms with Crippen molar-refractivity contribution >= 4 is 11.6 Å². The van der Waals surface area contributed by atoms with Gasteiger partial charge in [0.05, 0.1) is 0 Å². The average molecular weight is 312 g/mol. The molecule has 0 saturated carbocycles. The minimum atomic E-state index is 0.677. The Hall–Kier alpha value is -1.31. The standard InChI is InChI=1S/C20H22ClN/c21-19-7-3-4-15(11-19)13-22-14-16-8-9-20(22)12-18-6-2-1-5-17(18)10-16/h1-7,11,16,20H,8-10,12-14H2/t16-,20+/m1/s1. The Balaban J connectivity index is 1.58. The first-order valence-corrected chi connectivity index (χ1v) is 8.71. The van der Waals surface area contributed by atoms with E-state index >= 15 is 0 Å². The Morgan fingerprint density at radius 1 is 0.955 bits per heavy atom. The number of piperidine rings is 1. The predicted octanol–water partition coefficient (Wildman–Crippen LogP) is 4.72. The van der Waals surface area contributed by atoms with Gasteiger partial charge in [-0.1, -0.05) is 48.0 Å². The molecule has 1 nitrogen and oxygen atoms in total. The van der Waals surface area contributed by atoms with E-state index in [0.29, 0.717) is 6.04 Å². The lowest BCUT2D eigenvalue weighted by Crippen LogP contribution is -2.46. The Morgan fingerprint density at radius 3 is 2.59 bits per heavy atom. The molecule has 0 radical (unpaired) electrons. The van der Waals surface area contributed by atoms with E-state index in [-0.39, 0.29) is 0 Å². The molecule has 0 spiro atoms. The second kappa shape index (κ2) is 6.06. The highest BCUT2D eigenvalue weighted by Crippen LogP contribution is 2.33. The average Bonchev–Trinajstić information content (AvgIpc) is 2.48. The van der Waals surface area contributed by atoms with E-state index in [4.69, 9.17) is 11.6 Å². The van der Waals surface area contributed by atoms with Crippen LogP contribution in [-0.2, 0) is 19.4 Å². The quantitative estimate of drug-likeness (QED) is 0.775. The number of rotatable bonds is 2. The number of nitrogens with zero attached hydrogens (tertiary/aromatic N) is 1. The fourth-order valence-corrected chi connectivity index (χ4v) is 4.38. The van der Waals surface area contributed by atoms with Gasteiger partial charge < -0.3 is 0 Å². The van der Waals surface area contributed by atoms with Crippen LogP contribution in [0.1, 0.15) is 29.5 Å². The van der Waals surface area contributed by atoms with Crippen LogP contribution in [0.4, 0.5) is 0 Å². The van der Waals surface area contributed by atoms with Crippen molar-refractivity contribution in [2.45, 2.75) is 38.3 Å². The fraction of sp³-hybridized carbons (Fsp3) is 0.400. The van der Waals surface area contributed by atoms with Crippen LogP contribution in [0.25, 0.3) is 0 Å². The van der Waals surface area contributed by atoms with Gasteiger partial charge in [-0.15, -0.1) is 0 Å². The van der Waals surface area contributed by atoms with E-state index < -0.39 is 0 Å². The molecule has 2 atom stereocenters. The second-order valence-corrected chi connectivity index (χ2v) is 7.27. The van der Waals surface area contributed by atoms with E-state index in [1.807, 2.05) is 6.07 Å². The summed E-state index contributed by atoms with van der Waals surface area (Å²) in [5, 5.41) is 0.847.